The van der Waals surface area contributed by atoms with Crippen LogP contribution in [-0.2, 0) is 9.59 Å². The molecule has 23 heavy (non-hydrogen) atoms. The fraction of sp³-hybridized carbons (Fsp3) is 0.789. The zero-order chi connectivity index (χ0) is 17.2. The first kappa shape index (κ1) is 21.8. The highest BCUT2D eigenvalue weighted by Gasteiger charge is 1.99. The van der Waals surface area contributed by atoms with Gasteiger partial charge in [0, 0.05) is 6.42 Å². The molecule has 0 saturated heterocycles. The highest BCUT2D eigenvalue weighted by atomic mass is 16.4. The van der Waals surface area contributed by atoms with Gasteiger partial charge in [0.1, 0.15) is 6.29 Å². The summed E-state index contributed by atoms with van der Waals surface area (Å²) in [4.78, 5) is 20.5. The highest BCUT2D eigenvalue weighted by Crippen LogP contribution is 2.13. The van der Waals surface area contributed by atoms with E-state index in [1.54, 1.807) is 6.08 Å². The maximum Gasteiger partial charge on any atom is 0.303 e. The summed E-state index contributed by atoms with van der Waals surface area (Å²) in [6.45, 7) is 0. The van der Waals surface area contributed by atoms with Crippen molar-refractivity contribution in [1.29, 1.82) is 0 Å². The van der Waals surface area contributed by atoms with E-state index < -0.39 is 12.1 Å². The summed E-state index contributed by atoms with van der Waals surface area (Å²) in [6, 6.07) is 0. The Bertz CT molecular complexity index is 312. The molecule has 0 aromatic carbocycles. The third kappa shape index (κ3) is 18.8. The minimum Gasteiger partial charge on any atom is -0.481 e. The maximum atomic E-state index is 10.3. The van der Waals surface area contributed by atoms with Gasteiger partial charge in [-0.25, -0.2) is 0 Å². The number of aliphatic carboxylic acids is 1. The smallest absolute Gasteiger partial charge is 0.303 e. The second-order valence-corrected chi connectivity index (χ2v) is 6.26. The first-order valence-corrected chi connectivity index (χ1v) is 9.18. The van der Waals surface area contributed by atoms with Crippen LogP contribution in [0.5, 0.6) is 0 Å². The molecule has 1 atom stereocenters. The van der Waals surface area contributed by atoms with Crippen molar-refractivity contribution in [3.8, 4) is 0 Å². The summed E-state index contributed by atoms with van der Waals surface area (Å²) in [5, 5.41) is 18.0. The topological polar surface area (TPSA) is 74.6 Å². The first-order chi connectivity index (χ1) is 11.2. The van der Waals surface area contributed by atoms with Crippen LogP contribution < -0.4 is 0 Å². The third-order valence-electron chi connectivity index (χ3n) is 4.05. The molecule has 0 amide bonds. The fourth-order valence-electron chi connectivity index (χ4n) is 2.67. The molecule has 1 unspecified atom stereocenters. The number of aldehydes is 1. The molecular formula is C19H34O4. The van der Waals surface area contributed by atoms with Crippen molar-refractivity contribution >= 4 is 12.3 Å². The van der Waals surface area contributed by atoms with E-state index in [0.717, 1.165) is 38.5 Å². The highest BCUT2D eigenvalue weighted by molar-refractivity contribution is 5.66. The zero-order valence-corrected chi connectivity index (χ0v) is 14.4. The van der Waals surface area contributed by atoms with Gasteiger partial charge in [-0.1, -0.05) is 76.7 Å². The van der Waals surface area contributed by atoms with Gasteiger partial charge in [-0.05, 0) is 18.9 Å². The summed E-state index contributed by atoms with van der Waals surface area (Å²) in [7, 11) is 0. The van der Waals surface area contributed by atoms with E-state index >= 15 is 0 Å². The quantitative estimate of drug-likeness (QED) is 0.232. The van der Waals surface area contributed by atoms with Crippen LogP contribution in [-0.4, -0.2) is 28.6 Å². The van der Waals surface area contributed by atoms with Crippen LogP contribution in [0.3, 0.4) is 0 Å². The van der Waals surface area contributed by atoms with Gasteiger partial charge in [0.15, 0.2) is 0 Å². The van der Waals surface area contributed by atoms with Crippen molar-refractivity contribution in [3.05, 3.63) is 12.2 Å². The molecule has 0 radical (unpaired) electrons. The van der Waals surface area contributed by atoms with Gasteiger partial charge in [0.25, 0.3) is 0 Å². The monoisotopic (exact) mass is 326 g/mol. The van der Waals surface area contributed by atoms with Gasteiger partial charge in [-0.3, -0.25) is 9.59 Å². The van der Waals surface area contributed by atoms with Gasteiger partial charge in [0.2, 0.25) is 0 Å². The molecule has 0 aliphatic heterocycles. The van der Waals surface area contributed by atoms with Crippen LogP contribution in [0.2, 0.25) is 0 Å². The molecule has 0 aromatic heterocycles. The third-order valence-corrected chi connectivity index (χ3v) is 4.05. The molecule has 134 valence electrons. The number of carboxylic acid groups (broad SMARTS) is 1. The summed E-state index contributed by atoms with van der Waals surface area (Å²) in [6.07, 6.45) is 18.2. The van der Waals surface area contributed by atoms with Crippen LogP contribution in [0.15, 0.2) is 12.2 Å². The van der Waals surface area contributed by atoms with E-state index in [-0.39, 0.29) is 0 Å². The van der Waals surface area contributed by atoms with Crippen LogP contribution >= 0.6 is 0 Å². The normalized spacial score (nSPS) is 12.6. The van der Waals surface area contributed by atoms with Crippen LogP contribution in [0.1, 0.15) is 89.9 Å². The minimum atomic E-state index is -0.683. The summed E-state index contributed by atoms with van der Waals surface area (Å²) in [5.41, 5.74) is 0. The van der Waals surface area contributed by atoms with E-state index in [1.165, 1.54) is 51.0 Å². The predicted molar refractivity (Wildman–Crippen MR) is 93.5 cm³/mol. The molecular weight excluding hydrogens is 292 g/mol. The summed E-state index contributed by atoms with van der Waals surface area (Å²) < 4.78 is 0. The Hall–Kier alpha value is -1.16. The molecule has 0 aliphatic rings. The second-order valence-electron chi connectivity index (χ2n) is 6.26. The second kappa shape index (κ2) is 17.2. The molecule has 4 nitrogen and oxygen atoms in total. The van der Waals surface area contributed by atoms with Gasteiger partial charge in [0.05, 0.1) is 6.10 Å². The first-order valence-electron chi connectivity index (χ1n) is 9.18. The van der Waals surface area contributed by atoms with Crippen LogP contribution in [0.25, 0.3) is 0 Å². The number of hydrogen-bond donors (Lipinski definition) is 2. The summed E-state index contributed by atoms with van der Waals surface area (Å²) >= 11 is 0. The minimum absolute atomic E-state index is 0.310. The number of carbonyl (C=O) groups excluding carboxylic acids is 1. The maximum absolute atomic E-state index is 10.3. The number of carboxylic acids is 1. The van der Waals surface area contributed by atoms with Crippen molar-refractivity contribution in [3.63, 3.8) is 0 Å². The Morgan fingerprint density at radius 2 is 1.22 bits per heavy atom. The number of hydrogen-bond acceptors (Lipinski definition) is 3. The van der Waals surface area contributed by atoms with Crippen molar-refractivity contribution in [1.82, 2.24) is 0 Å². The Morgan fingerprint density at radius 1 is 0.783 bits per heavy atom. The van der Waals surface area contributed by atoms with Crippen molar-refractivity contribution in [2.45, 2.75) is 96.0 Å². The Labute approximate surface area is 141 Å². The van der Waals surface area contributed by atoms with Crippen LogP contribution in [0, 0.1) is 0 Å². The molecule has 0 rings (SSSR count). The molecule has 0 heterocycles. The van der Waals surface area contributed by atoms with E-state index in [1.807, 2.05) is 0 Å². The van der Waals surface area contributed by atoms with Crippen molar-refractivity contribution in [2.75, 3.05) is 0 Å². The number of aliphatic hydroxyl groups excluding tert-OH is 1. The number of rotatable bonds is 17. The van der Waals surface area contributed by atoms with Gasteiger partial charge in [-0.15, -0.1) is 0 Å². The predicted octanol–water partition coefficient (Wildman–Crippen LogP) is 4.65. The average molecular weight is 326 g/mol. The van der Waals surface area contributed by atoms with E-state index in [4.69, 9.17) is 5.11 Å². The number of carbonyl (C=O) groups is 2. The lowest BCUT2D eigenvalue weighted by molar-refractivity contribution is -0.137. The molecule has 0 bridgehead atoms. The SMILES string of the molecule is O=CC=CC(O)CCCCCCCCCCCCCCC(=O)O. The molecule has 4 heteroatoms. The molecule has 2 N–H and O–H groups in total. The number of allylic oxidation sites excluding steroid dienone is 1. The average Bonchev–Trinajstić information content (AvgIpc) is 2.52. The Morgan fingerprint density at radius 3 is 1.65 bits per heavy atom. The molecule has 0 aliphatic carbocycles. The summed E-state index contributed by atoms with van der Waals surface area (Å²) in [5.74, 6) is -0.683. The number of unbranched alkanes of at least 4 members (excludes halogenated alkanes) is 11. The lowest BCUT2D eigenvalue weighted by atomic mass is 10.0. The van der Waals surface area contributed by atoms with Gasteiger partial charge in [-0.2, -0.15) is 0 Å². The largest absolute Gasteiger partial charge is 0.481 e. The Balaban J connectivity index is 3.12. The standard InChI is InChI=1S/C19H34O4/c20-17-13-15-18(21)14-11-9-7-5-3-1-2-4-6-8-10-12-16-19(22)23/h13,15,17-18,21H,1-12,14,16H2,(H,22,23). The van der Waals surface area contributed by atoms with E-state index in [0.29, 0.717) is 12.7 Å². The lowest BCUT2D eigenvalue weighted by Crippen LogP contribution is -2.01. The lowest BCUT2D eigenvalue weighted by Gasteiger charge is -2.05. The molecule has 0 aromatic rings. The van der Waals surface area contributed by atoms with Crippen molar-refractivity contribution in [2.24, 2.45) is 0 Å². The molecule has 0 saturated carbocycles. The van der Waals surface area contributed by atoms with Gasteiger partial charge < -0.3 is 10.2 Å². The molecule has 0 fully saturated rings. The Kier molecular flexibility index (Phi) is 16.3. The fourth-order valence-corrected chi connectivity index (χ4v) is 2.67. The van der Waals surface area contributed by atoms with Crippen molar-refractivity contribution < 1.29 is 19.8 Å². The zero-order valence-electron chi connectivity index (χ0n) is 14.4. The van der Waals surface area contributed by atoms with E-state index in [2.05, 4.69) is 0 Å². The van der Waals surface area contributed by atoms with E-state index in [9.17, 15) is 14.7 Å². The molecule has 0 spiro atoms. The van der Waals surface area contributed by atoms with Gasteiger partial charge >= 0.3 is 5.97 Å². The van der Waals surface area contributed by atoms with Crippen LogP contribution in [0.4, 0.5) is 0 Å². The number of aliphatic hydroxyl groups is 1.